The Kier molecular flexibility index (Phi) is 7.11. The van der Waals surface area contributed by atoms with Gasteiger partial charge >= 0.3 is 0 Å². The highest BCUT2D eigenvalue weighted by molar-refractivity contribution is 7.89. The van der Waals surface area contributed by atoms with E-state index in [-0.39, 0.29) is 17.0 Å². The van der Waals surface area contributed by atoms with E-state index in [1.807, 2.05) is 18.2 Å². The lowest BCUT2D eigenvalue weighted by atomic mass is 10.0. The maximum absolute atomic E-state index is 13.5. The Labute approximate surface area is 212 Å². The number of hydrogen-bond acceptors (Lipinski definition) is 8. The fraction of sp³-hybridized carbons (Fsp3) is 0.462. The molecule has 1 aromatic heterocycles. The van der Waals surface area contributed by atoms with Crippen molar-refractivity contribution in [2.45, 2.75) is 37.4 Å². The van der Waals surface area contributed by atoms with E-state index in [0.717, 1.165) is 29.1 Å². The minimum absolute atomic E-state index is 0.0106. The third-order valence-corrected chi connectivity index (χ3v) is 8.97. The van der Waals surface area contributed by atoms with E-state index in [2.05, 4.69) is 35.4 Å². The van der Waals surface area contributed by atoms with Crippen molar-refractivity contribution in [2.24, 2.45) is 5.92 Å². The molecule has 3 heterocycles. The highest BCUT2D eigenvalue weighted by atomic mass is 32.2. The Morgan fingerprint density at radius 2 is 1.89 bits per heavy atom. The van der Waals surface area contributed by atoms with Gasteiger partial charge in [-0.3, -0.25) is 4.90 Å². The number of nitrogens with zero attached hydrogens (tertiary/aromatic N) is 4. The van der Waals surface area contributed by atoms with Gasteiger partial charge in [0.1, 0.15) is 17.4 Å². The normalized spacial score (nSPS) is 22.0. The summed E-state index contributed by atoms with van der Waals surface area (Å²) in [6, 6.07) is 14.9. The van der Waals surface area contributed by atoms with Gasteiger partial charge in [0.2, 0.25) is 10.0 Å². The number of aromatic nitrogens is 2. The van der Waals surface area contributed by atoms with Crippen LogP contribution < -0.4 is 15.4 Å². The molecule has 3 aromatic rings. The molecule has 36 heavy (non-hydrogen) atoms. The first-order chi connectivity index (χ1) is 17.3. The maximum atomic E-state index is 13.5. The molecule has 1 saturated heterocycles. The fourth-order valence-electron chi connectivity index (χ4n) is 4.92. The van der Waals surface area contributed by atoms with E-state index >= 15 is 0 Å². The van der Waals surface area contributed by atoms with Crippen molar-refractivity contribution in [1.29, 1.82) is 0 Å². The molecule has 0 aliphatic carbocycles. The van der Waals surface area contributed by atoms with Gasteiger partial charge in [-0.2, -0.15) is 4.31 Å². The predicted octanol–water partition coefficient (Wildman–Crippen LogP) is 2.55. The molecule has 1 fully saturated rings. The van der Waals surface area contributed by atoms with Crippen molar-refractivity contribution in [1.82, 2.24) is 24.5 Å². The molecule has 0 spiro atoms. The van der Waals surface area contributed by atoms with Crippen LogP contribution >= 0.6 is 0 Å². The van der Waals surface area contributed by atoms with E-state index in [1.54, 1.807) is 35.7 Å². The third kappa shape index (κ3) is 5.04. The Morgan fingerprint density at radius 3 is 2.69 bits per heavy atom. The number of hydrogen-bond donors (Lipinski definition) is 2. The standard InChI is InChI=1S/C26H34N6O3S/c1-18(2)24-15-27-14-19-16-32(36(33,34)21-8-6-7-20(13-21)35-3)12-11-31(19)17-25-28-23-10-5-4-9-22(23)26(29-24)30-25/h4-10,13,18-19,24,27H,11-12,14-17H2,1-3H3,(H,28,29,30)/t19?,24-/m1/s1. The summed E-state index contributed by atoms with van der Waals surface area (Å²) in [7, 11) is -2.10. The molecule has 10 heteroatoms. The molecule has 2 atom stereocenters. The summed E-state index contributed by atoms with van der Waals surface area (Å²) in [6.45, 7) is 7.77. The summed E-state index contributed by atoms with van der Waals surface area (Å²) in [6.07, 6.45) is 0. The number of benzene rings is 2. The van der Waals surface area contributed by atoms with Crippen LogP contribution in [0.15, 0.2) is 53.4 Å². The number of fused-ring (bicyclic) bond motifs is 5. The number of para-hydroxylation sites is 1. The zero-order chi connectivity index (χ0) is 25.3. The van der Waals surface area contributed by atoms with E-state index in [0.29, 0.717) is 44.4 Å². The zero-order valence-corrected chi connectivity index (χ0v) is 21.8. The molecule has 2 aliphatic heterocycles. The summed E-state index contributed by atoms with van der Waals surface area (Å²) in [5, 5.41) is 8.27. The second-order valence-corrected chi connectivity index (χ2v) is 11.8. The molecule has 0 radical (unpaired) electrons. The summed E-state index contributed by atoms with van der Waals surface area (Å²) in [5.74, 6) is 2.51. The lowest BCUT2D eigenvalue weighted by Gasteiger charge is -2.40. The molecule has 2 N–H and O–H groups in total. The predicted molar refractivity (Wildman–Crippen MR) is 141 cm³/mol. The summed E-state index contributed by atoms with van der Waals surface area (Å²) in [4.78, 5) is 12.3. The number of rotatable bonds is 4. The van der Waals surface area contributed by atoms with Gasteiger partial charge in [0.25, 0.3) is 0 Å². The number of anilines is 1. The average Bonchev–Trinajstić information content (AvgIpc) is 2.91. The first kappa shape index (κ1) is 24.9. The van der Waals surface area contributed by atoms with Gasteiger partial charge in [0.05, 0.1) is 24.1 Å². The van der Waals surface area contributed by atoms with Crippen LogP contribution in [0.2, 0.25) is 0 Å². The van der Waals surface area contributed by atoms with Gasteiger partial charge < -0.3 is 15.4 Å². The summed E-state index contributed by atoms with van der Waals surface area (Å²) in [5.41, 5.74) is 0.913. The maximum Gasteiger partial charge on any atom is 0.243 e. The fourth-order valence-corrected chi connectivity index (χ4v) is 6.42. The Hall–Kier alpha value is -2.79. The largest absolute Gasteiger partial charge is 0.497 e. The third-order valence-electron chi connectivity index (χ3n) is 7.11. The second-order valence-electron chi connectivity index (χ2n) is 9.83. The van der Waals surface area contributed by atoms with Crippen LogP contribution in [0.3, 0.4) is 0 Å². The van der Waals surface area contributed by atoms with Crippen molar-refractivity contribution >= 4 is 26.7 Å². The summed E-state index contributed by atoms with van der Waals surface area (Å²) < 4.78 is 33.8. The van der Waals surface area contributed by atoms with Crippen LogP contribution in [0.25, 0.3) is 10.9 Å². The highest BCUT2D eigenvalue weighted by Crippen LogP contribution is 2.26. The summed E-state index contributed by atoms with van der Waals surface area (Å²) >= 11 is 0. The van der Waals surface area contributed by atoms with Gasteiger partial charge in [-0.1, -0.05) is 32.0 Å². The Bertz CT molecular complexity index is 1330. The number of nitrogens with one attached hydrogen (secondary N) is 2. The van der Waals surface area contributed by atoms with Crippen molar-refractivity contribution in [3.8, 4) is 5.75 Å². The van der Waals surface area contributed by atoms with Crippen molar-refractivity contribution < 1.29 is 13.2 Å². The van der Waals surface area contributed by atoms with Crippen molar-refractivity contribution in [3.05, 3.63) is 54.4 Å². The quantitative estimate of drug-likeness (QED) is 0.553. The van der Waals surface area contributed by atoms with E-state index in [1.165, 1.54) is 0 Å². The molecule has 0 amide bonds. The molecule has 2 aromatic carbocycles. The SMILES string of the molecule is COc1cccc(S(=O)(=O)N2CCN3Cc4nc(c5ccccc5n4)N[C@@H](C(C)C)CNCC3C2)c1. The molecular formula is C26H34N6O3S. The second kappa shape index (κ2) is 10.3. The first-order valence-electron chi connectivity index (χ1n) is 12.5. The number of piperazine rings is 1. The molecule has 2 aliphatic rings. The smallest absolute Gasteiger partial charge is 0.243 e. The van der Waals surface area contributed by atoms with E-state index < -0.39 is 10.0 Å². The topological polar surface area (TPSA) is 99.7 Å². The molecule has 2 bridgehead atoms. The monoisotopic (exact) mass is 510 g/mol. The molecular weight excluding hydrogens is 476 g/mol. The van der Waals surface area contributed by atoms with Crippen LogP contribution in [-0.2, 0) is 16.6 Å². The lowest BCUT2D eigenvalue weighted by Crippen LogP contribution is -2.57. The molecule has 0 saturated carbocycles. The molecule has 192 valence electrons. The average molecular weight is 511 g/mol. The van der Waals surface area contributed by atoms with Crippen molar-refractivity contribution in [2.75, 3.05) is 45.2 Å². The van der Waals surface area contributed by atoms with Gasteiger partial charge in [0.15, 0.2) is 0 Å². The number of ether oxygens (including phenoxy) is 1. The first-order valence-corrected chi connectivity index (χ1v) is 13.9. The molecule has 9 nitrogen and oxygen atoms in total. The highest BCUT2D eigenvalue weighted by Gasteiger charge is 2.35. The van der Waals surface area contributed by atoms with Crippen LogP contribution in [0.1, 0.15) is 19.7 Å². The Balaban J connectivity index is 1.45. The minimum Gasteiger partial charge on any atom is -0.497 e. The molecule has 1 unspecified atom stereocenters. The van der Waals surface area contributed by atoms with E-state index in [4.69, 9.17) is 14.7 Å². The van der Waals surface area contributed by atoms with Crippen LogP contribution in [0.4, 0.5) is 5.82 Å². The Morgan fingerprint density at radius 1 is 1.06 bits per heavy atom. The van der Waals surface area contributed by atoms with Gasteiger partial charge in [0, 0.05) is 56.3 Å². The van der Waals surface area contributed by atoms with Crippen LogP contribution in [0, 0.1) is 5.92 Å². The number of sulfonamides is 1. The van der Waals surface area contributed by atoms with Gasteiger partial charge in [-0.05, 0) is 30.2 Å². The van der Waals surface area contributed by atoms with E-state index in [9.17, 15) is 8.42 Å². The molecule has 5 rings (SSSR count). The van der Waals surface area contributed by atoms with Crippen LogP contribution in [-0.4, -0.2) is 79.5 Å². The minimum atomic E-state index is -3.64. The zero-order valence-electron chi connectivity index (χ0n) is 21.0. The lowest BCUT2D eigenvalue weighted by molar-refractivity contribution is 0.107. The number of methoxy groups -OCH3 is 1. The van der Waals surface area contributed by atoms with Crippen molar-refractivity contribution in [3.63, 3.8) is 0 Å². The van der Waals surface area contributed by atoms with Gasteiger partial charge in [-0.25, -0.2) is 18.4 Å². The van der Waals surface area contributed by atoms with Crippen LogP contribution in [0.5, 0.6) is 5.75 Å². The van der Waals surface area contributed by atoms with Gasteiger partial charge in [-0.15, -0.1) is 0 Å².